The third-order valence-electron chi connectivity index (χ3n) is 4.18. The predicted octanol–water partition coefficient (Wildman–Crippen LogP) is 1.92. The van der Waals surface area contributed by atoms with E-state index in [0.717, 1.165) is 31.1 Å². The number of hydrogen-bond acceptors (Lipinski definition) is 5. The predicted molar refractivity (Wildman–Crippen MR) is 88.4 cm³/mol. The molecule has 0 radical (unpaired) electrons. The molecule has 1 aromatic carbocycles. The van der Waals surface area contributed by atoms with Gasteiger partial charge in [0.05, 0.1) is 32.9 Å². The molecule has 0 amide bonds. The van der Waals surface area contributed by atoms with E-state index in [1.54, 1.807) is 18.9 Å². The van der Waals surface area contributed by atoms with E-state index in [4.69, 9.17) is 26.1 Å². The largest absolute Gasteiger partial charge is 0.497 e. The SMILES string of the molecule is COc1ccc(-c2nn(C[NH+]3CCCCC3)c(=S)o2)c(OC)c1. The zero-order valence-electron chi connectivity index (χ0n) is 13.5. The Morgan fingerprint density at radius 3 is 2.70 bits per heavy atom. The second-order valence-corrected chi connectivity index (χ2v) is 6.06. The molecule has 2 aromatic rings. The fourth-order valence-electron chi connectivity index (χ4n) is 2.91. The van der Waals surface area contributed by atoms with Gasteiger partial charge in [0.25, 0.3) is 10.7 Å². The highest BCUT2D eigenvalue weighted by atomic mass is 32.1. The Morgan fingerprint density at radius 2 is 2.00 bits per heavy atom. The Balaban J connectivity index is 1.86. The van der Waals surface area contributed by atoms with Crippen LogP contribution in [0.3, 0.4) is 0 Å². The maximum atomic E-state index is 5.69. The van der Waals surface area contributed by atoms with Crippen LogP contribution >= 0.6 is 12.2 Å². The summed E-state index contributed by atoms with van der Waals surface area (Å²) in [5.41, 5.74) is 0.770. The summed E-state index contributed by atoms with van der Waals surface area (Å²) < 4.78 is 18.1. The highest BCUT2D eigenvalue weighted by molar-refractivity contribution is 7.71. The summed E-state index contributed by atoms with van der Waals surface area (Å²) in [6, 6.07) is 5.53. The molecule has 1 aliphatic rings. The normalized spacial score (nSPS) is 15.6. The zero-order valence-corrected chi connectivity index (χ0v) is 14.3. The number of nitrogens with zero attached hydrogens (tertiary/aromatic N) is 2. The summed E-state index contributed by atoms with van der Waals surface area (Å²) >= 11 is 5.32. The van der Waals surface area contributed by atoms with E-state index < -0.39 is 0 Å². The molecule has 0 saturated carbocycles. The van der Waals surface area contributed by atoms with Crippen molar-refractivity contribution in [2.45, 2.75) is 25.9 Å². The van der Waals surface area contributed by atoms with Gasteiger partial charge in [-0.2, -0.15) is 4.68 Å². The fraction of sp³-hybridized carbons (Fsp3) is 0.500. The molecule has 1 aromatic heterocycles. The maximum Gasteiger partial charge on any atom is 0.292 e. The summed E-state index contributed by atoms with van der Waals surface area (Å²) in [4.78, 5) is 1.89. The van der Waals surface area contributed by atoms with Crippen molar-refractivity contribution in [1.29, 1.82) is 0 Å². The lowest BCUT2D eigenvalue weighted by molar-refractivity contribution is -0.928. The van der Waals surface area contributed by atoms with Gasteiger partial charge in [0.1, 0.15) is 11.5 Å². The number of likely N-dealkylation sites (tertiary alicyclic amines) is 1. The maximum absolute atomic E-state index is 5.69. The van der Waals surface area contributed by atoms with Crippen molar-refractivity contribution in [1.82, 2.24) is 9.78 Å². The molecule has 1 aliphatic heterocycles. The van der Waals surface area contributed by atoms with E-state index in [1.165, 1.54) is 24.2 Å². The van der Waals surface area contributed by atoms with Crippen molar-refractivity contribution in [3.05, 3.63) is 23.0 Å². The van der Waals surface area contributed by atoms with Crippen LogP contribution in [0.1, 0.15) is 19.3 Å². The van der Waals surface area contributed by atoms with Gasteiger partial charge in [-0.3, -0.25) is 0 Å². The van der Waals surface area contributed by atoms with Crippen LogP contribution in [-0.4, -0.2) is 37.1 Å². The van der Waals surface area contributed by atoms with Crippen molar-refractivity contribution < 1.29 is 18.8 Å². The molecule has 1 fully saturated rings. The Bertz CT molecular complexity index is 720. The van der Waals surface area contributed by atoms with Crippen molar-refractivity contribution >= 4 is 12.2 Å². The van der Waals surface area contributed by atoms with Crippen LogP contribution in [-0.2, 0) is 6.67 Å². The van der Waals surface area contributed by atoms with Gasteiger partial charge in [0.15, 0.2) is 6.67 Å². The van der Waals surface area contributed by atoms with Crippen LogP contribution in [0, 0.1) is 4.84 Å². The van der Waals surface area contributed by atoms with Crippen LogP contribution in [0.15, 0.2) is 22.6 Å². The third kappa shape index (κ3) is 3.56. The first kappa shape index (κ1) is 16.0. The lowest BCUT2D eigenvalue weighted by Gasteiger charge is -2.22. The molecule has 124 valence electrons. The number of hydrogen-bond donors (Lipinski definition) is 1. The van der Waals surface area contributed by atoms with Crippen LogP contribution in [0.4, 0.5) is 0 Å². The van der Waals surface area contributed by atoms with E-state index in [2.05, 4.69) is 5.10 Å². The molecular formula is C16H22N3O3S+. The summed E-state index contributed by atoms with van der Waals surface area (Å²) in [5.74, 6) is 1.85. The number of piperidine rings is 1. The van der Waals surface area contributed by atoms with Gasteiger partial charge >= 0.3 is 0 Å². The smallest absolute Gasteiger partial charge is 0.292 e. The number of rotatable bonds is 5. The molecule has 0 spiro atoms. The molecule has 1 saturated heterocycles. The number of aromatic nitrogens is 2. The average Bonchev–Trinajstić information content (AvgIpc) is 2.95. The molecule has 6 nitrogen and oxygen atoms in total. The van der Waals surface area contributed by atoms with Gasteiger partial charge in [0, 0.05) is 6.07 Å². The first-order valence-corrected chi connectivity index (χ1v) is 8.26. The highest BCUT2D eigenvalue weighted by Gasteiger charge is 2.18. The molecule has 23 heavy (non-hydrogen) atoms. The average molecular weight is 336 g/mol. The topological polar surface area (TPSA) is 53.9 Å². The third-order valence-corrected chi connectivity index (χ3v) is 4.47. The Labute approximate surface area is 140 Å². The van der Waals surface area contributed by atoms with Crippen molar-refractivity contribution in [3.63, 3.8) is 0 Å². The van der Waals surface area contributed by atoms with Crippen molar-refractivity contribution in [3.8, 4) is 23.0 Å². The minimum atomic E-state index is 0.399. The van der Waals surface area contributed by atoms with Crippen LogP contribution < -0.4 is 14.4 Å². The molecule has 0 atom stereocenters. The second kappa shape index (κ2) is 7.14. The fourth-order valence-corrected chi connectivity index (χ4v) is 3.10. The molecule has 0 aliphatic carbocycles. The number of nitrogens with one attached hydrogen (secondary N) is 1. The number of ether oxygens (including phenoxy) is 2. The Hall–Kier alpha value is -1.86. The van der Waals surface area contributed by atoms with Gasteiger partial charge in [0.2, 0.25) is 0 Å². The Morgan fingerprint density at radius 1 is 1.22 bits per heavy atom. The molecule has 3 rings (SSSR count). The molecule has 1 N–H and O–H groups in total. The minimum absolute atomic E-state index is 0.399. The monoisotopic (exact) mass is 336 g/mol. The quantitative estimate of drug-likeness (QED) is 0.846. The van der Waals surface area contributed by atoms with Crippen molar-refractivity contribution in [2.75, 3.05) is 27.3 Å². The second-order valence-electron chi connectivity index (χ2n) is 5.71. The van der Waals surface area contributed by atoms with Crippen LogP contribution in [0.25, 0.3) is 11.5 Å². The molecule has 0 unspecified atom stereocenters. The Kier molecular flexibility index (Phi) is 4.97. The van der Waals surface area contributed by atoms with Gasteiger partial charge in [-0.1, -0.05) is 0 Å². The van der Waals surface area contributed by atoms with Gasteiger partial charge < -0.3 is 18.8 Å². The summed E-state index contributed by atoms with van der Waals surface area (Å²) in [6.07, 6.45) is 3.85. The van der Waals surface area contributed by atoms with E-state index in [-0.39, 0.29) is 0 Å². The molecule has 0 bridgehead atoms. The molecular weight excluding hydrogens is 314 g/mol. The van der Waals surface area contributed by atoms with Crippen molar-refractivity contribution in [2.24, 2.45) is 0 Å². The minimum Gasteiger partial charge on any atom is -0.497 e. The first-order valence-electron chi connectivity index (χ1n) is 7.85. The zero-order chi connectivity index (χ0) is 16.2. The van der Waals surface area contributed by atoms with E-state index in [1.807, 2.05) is 18.2 Å². The van der Waals surface area contributed by atoms with Crippen LogP contribution in [0.5, 0.6) is 11.5 Å². The highest BCUT2D eigenvalue weighted by Crippen LogP contribution is 2.32. The first-order chi connectivity index (χ1) is 11.2. The number of benzene rings is 1. The summed E-state index contributed by atoms with van der Waals surface area (Å²) in [7, 11) is 3.23. The number of methoxy groups -OCH3 is 2. The lowest BCUT2D eigenvalue weighted by atomic mass is 10.1. The van der Waals surface area contributed by atoms with Gasteiger partial charge in [-0.15, -0.1) is 5.10 Å². The van der Waals surface area contributed by atoms with Crippen LogP contribution in [0.2, 0.25) is 0 Å². The standard InChI is InChI=1S/C16H21N3O3S/c1-20-12-6-7-13(14(10-12)21-2)15-17-19(16(23)22-15)11-18-8-4-3-5-9-18/h6-7,10H,3-5,8-9,11H2,1-2H3/p+1. The summed E-state index contributed by atoms with van der Waals surface area (Å²) in [5, 5.41) is 4.54. The van der Waals surface area contributed by atoms with E-state index in [9.17, 15) is 0 Å². The van der Waals surface area contributed by atoms with E-state index >= 15 is 0 Å². The van der Waals surface area contributed by atoms with Gasteiger partial charge in [-0.25, -0.2) is 0 Å². The lowest BCUT2D eigenvalue weighted by Crippen LogP contribution is -3.12. The number of quaternary nitrogens is 1. The molecule has 2 heterocycles. The van der Waals surface area contributed by atoms with Gasteiger partial charge in [-0.05, 0) is 43.6 Å². The molecule has 7 heteroatoms. The summed E-state index contributed by atoms with van der Waals surface area (Å²) in [6.45, 7) is 3.08. The van der Waals surface area contributed by atoms with E-state index in [0.29, 0.717) is 16.5 Å².